The van der Waals surface area contributed by atoms with Gasteiger partial charge in [-0.1, -0.05) is 15.9 Å². The molecule has 0 saturated heterocycles. The molecule has 2 aromatic rings. The smallest absolute Gasteiger partial charge is 0.371 e. The largest absolute Gasteiger partial charge is 0.475 e. The summed E-state index contributed by atoms with van der Waals surface area (Å²) in [7, 11) is -4.02. The Morgan fingerprint density at radius 3 is 2.67 bits per heavy atom. The van der Waals surface area contributed by atoms with E-state index in [1.54, 1.807) is 0 Å². The van der Waals surface area contributed by atoms with Gasteiger partial charge in [0, 0.05) is 11.0 Å². The molecule has 0 aliphatic carbocycles. The fourth-order valence-corrected chi connectivity index (χ4v) is 2.82. The van der Waals surface area contributed by atoms with Gasteiger partial charge in [-0.3, -0.25) is 0 Å². The number of benzene rings is 1. The number of rotatable bonds is 5. The lowest BCUT2D eigenvalue weighted by molar-refractivity contribution is 0.0656. The number of furan rings is 1. The lowest BCUT2D eigenvalue weighted by atomic mass is 10.2. The molecule has 1 aromatic heterocycles. The van der Waals surface area contributed by atoms with Gasteiger partial charge in [0.1, 0.15) is 5.82 Å². The van der Waals surface area contributed by atoms with E-state index in [0.29, 0.717) is 10.0 Å². The lowest BCUT2D eigenvalue weighted by Crippen LogP contribution is -2.23. The first-order chi connectivity index (χ1) is 9.79. The van der Waals surface area contributed by atoms with Crippen LogP contribution in [-0.4, -0.2) is 19.5 Å². The molecular weight excluding hydrogens is 369 g/mol. The van der Waals surface area contributed by atoms with E-state index in [1.807, 2.05) is 0 Å². The highest BCUT2D eigenvalue weighted by Gasteiger charge is 2.21. The number of carbonyl (C=O) groups is 1. The van der Waals surface area contributed by atoms with Crippen molar-refractivity contribution in [3.05, 3.63) is 51.9 Å². The summed E-state index contributed by atoms with van der Waals surface area (Å²) in [6, 6.07) is 5.93. The van der Waals surface area contributed by atoms with Crippen molar-refractivity contribution in [3.8, 4) is 0 Å². The highest BCUT2D eigenvalue weighted by molar-refractivity contribution is 9.10. The van der Waals surface area contributed by atoms with Crippen molar-refractivity contribution in [2.75, 3.05) is 0 Å². The van der Waals surface area contributed by atoms with Crippen LogP contribution in [0.4, 0.5) is 4.39 Å². The topological polar surface area (TPSA) is 96.6 Å². The summed E-state index contributed by atoms with van der Waals surface area (Å²) >= 11 is 3.17. The fraction of sp³-hybridized carbons (Fsp3) is 0.0833. The monoisotopic (exact) mass is 377 g/mol. The Hall–Kier alpha value is -1.71. The van der Waals surface area contributed by atoms with Gasteiger partial charge < -0.3 is 9.52 Å². The molecule has 9 heteroatoms. The molecule has 0 fully saturated rings. The molecule has 1 aromatic carbocycles. The second-order valence-corrected chi connectivity index (χ2v) is 6.54. The number of nitrogens with one attached hydrogen (secondary N) is 1. The number of carboxylic acids is 1. The third-order valence-corrected chi connectivity index (χ3v) is 4.56. The minimum atomic E-state index is -4.02. The second-order valence-electron chi connectivity index (χ2n) is 3.98. The average molecular weight is 378 g/mol. The van der Waals surface area contributed by atoms with Gasteiger partial charge in [0.25, 0.3) is 10.0 Å². The lowest BCUT2D eigenvalue weighted by Gasteiger charge is -2.06. The zero-order chi connectivity index (χ0) is 15.6. The molecule has 0 atom stereocenters. The van der Waals surface area contributed by atoms with Crippen LogP contribution in [0.5, 0.6) is 0 Å². The molecule has 0 bridgehead atoms. The molecule has 112 valence electrons. The molecule has 0 saturated carbocycles. The van der Waals surface area contributed by atoms with Crippen LogP contribution in [0.15, 0.2) is 44.3 Å². The minimum absolute atomic E-state index is 0.177. The summed E-state index contributed by atoms with van der Waals surface area (Å²) in [4.78, 5) is 10.6. The van der Waals surface area contributed by atoms with E-state index in [9.17, 15) is 17.6 Å². The first-order valence-electron chi connectivity index (χ1n) is 5.56. The molecular formula is C12H9BrFNO5S. The van der Waals surface area contributed by atoms with Gasteiger partial charge in [-0.25, -0.2) is 22.3 Å². The van der Waals surface area contributed by atoms with E-state index in [-0.39, 0.29) is 6.54 Å². The van der Waals surface area contributed by atoms with Crippen molar-refractivity contribution in [2.45, 2.75) is 11.6 Å². The highest BCUT2D eigenvalue weighted by Crippen LogP contribution is 2.19. The third kappa shape index (κ3) is 3.69. The Balaban J connectivity index is 2.17. The quantitative estimate of drug-likeness (QED) is 0.833. The summed E-state index contributed by atoms with van der Waals surface area (Å²) in [5.41, 5.74) is 0.392. The average Bonchev–Trinajstić information content (AvgIpc) is 2.90. The van der Waals surface area contributed by atoms with Gasteiger partial charge in [0.15, 0.2) is 0 Å². The van der Waals surface area contributed by atoms with Gasteiger partial charge in [-0.05, 0) is 35.9 Å². The summed E-state index contributed by atoms with van der Waals surface area (Å²) in [6.45, 7) is -0.177. The van der Waals surface area contributed by atoms with Crippen LogP contribution in [0.1, 0.15) is 16.1 Å². The molecule has 0 aliphatic heterocycles. The number of carboxylic acid groups (broad SMARTS) is 1. The molecule has 0 aliphatic rings. The zero-order valence-electron chi connectivity index (χ0n) is 10.3. The molecule has 0 radical (unpaired) electrons. The Labute approximate surface area is 127 Å². The van der Waals surface area contributed by atoms with Crippen LogP contribution in [0.2, 0.25) is 0 Å². The Bertz CT molecular complexity index is 787. The van der Waals surface area contributed by atoms with Crippen molar-refractivity contribution in [1.82, 2.24) is 4.72 Å². The van der Waals surface area contributed by atoms with Gasteiger partial charge in [-0.15, -0.1) is 0 Å². The van der Waals surface area contributed by atoms with Crippen LogP contribution in [0, 0.1) is 5.82 Å². The molecule has 0 spiro atoms. The number of halogens is 2. The Kier molecular flexibility index (Phi) is 4.45. The zero-order valence-corrected chi connectivity index (χ0v) is 12.7. The van der Waals surface area contributed by atoms with Crippen LogP contribution >= 0.6 is 15.9 Å². The molecule has 21 heavy (non-hydrogen) atoms. The van der Waals surface area contributed by atoms with Gasteiger partial charge in [0.05, 0.1) is 0 Å². The van der Waals surface area contributed by atoms with E-state index in [0.717, 1.165) is 12.1 Å². The molecule has 0 unspecified atom stereocenters. The maximum atomic E-state index is 13.1. The fourth-order valence-electron chi connectivity index (χ4n) is 1.50. The number of hydrogen-bond donors (Lipinski definition) is 2. The number of aromatic carboxylic acids is 1. The summed E-state index contributed by atoms with van der Waals surface area (Å²) < 4.78 is 44.4. The van der Waals surface area contributed by atoms with Crippen LogP contribution in [0.3, 0.4) is 0 Å². The van der Waals surface area contributed by atoms with Crippen molar-refractivity contribution >= 4 is 31.9 Å². The molecule has 2 N–H and O–H groups in total. The van der Waals surface area contributed by atoms with Gasteiger partial charge >= 0.3 is 5.97 Å². The van der Waals surface area contributed by atoms with Crippen LogP contribution in [0.25, 0.3) is 0 Å². The number of sulfonamides is 1. The Morgan fingerprint density at radius 2 is 2.05 bits per heavy atom. The molecule has 1 heterocycles. The predicted octanol–water partition coefficient (Wildman–Crippen LogP) is 2.36. The summed E-state index contributed by atoms with van der Waals surface area (Å²) in [5, 5.41) is 8.16. The van der Waals surface area contributed by atoms with Crippen molar-refractivity contribution < 1.29 is 27.1 Å². The summed E-state index contributed by atoms with van der Waals surface area (Å²) in [6.07, 6.45) is 0. The van der Waals surface area contributed by atoms with Gasteiger partial charge in [0.2, 0.25) is 10.9 Å². The van der Waals surface area contributed by atoms with Crippen LogP contribution in [-0.2, 0) is 16.6 Å². The van der Waals surface area contributed by atoms with E-state index < -0.39 is 32.7 Å². The van der Waals surface area contributed by atoms with Crippen molar-refractivity contribution in [3.63, 3.8) is 0 Å². The maximum Gasteiger partial charge on any atom is 0.371 e. The van der Waals surface area contributed by atoms with E-state index >= 15 is 0 Å². The molecule has 2 rings (SSSR count). The first kappa shape index (κ1) is 15.7. The van der Waals surface area contributed by atoms with Crippen molar-refractivity contribution in [1.29, 1.82) is 0 Å². The van der Waals surface area contributed by atoms with Crippen LogP contribution < -0.4 is 4.72 Å². The minimum Gasteiger partial charge on any atom is -0.475 e. The first-order valence-corrected chi connectivity index (χ1v) is 7.84. The van der Waals surface area contributed by atoms with Crippen molar-refractivity contribution in [2.24, 2.45) is 0 Å². The number of hydrogen-bond acceptors (Lipinski definition) is 4. The summed E-state index contributed by atoms with van der Waals surface area (Å²) in [5.74, 6) is -2.36. The van der Waals surface area contributed by atoms with E-state index in [4.69, 9.17) is 9.52 Å². The van der Waals surface area contributed by atoms with E-state index in [1.165, 1.54) is 18.2 Å². The normalized spacial score (nSPS) is 11.5. The standard InChI is InChI=1S/C12H9BrFNO5S/c13-9-2-1-8(14)5-7(9)6-15-21(18,19)11-4-3-10(20-11)12(16)17/h1-5,15H,6H2,(H,16,17). The predicted molar refractivity (Wildman–Crippen MR) is 73.8 cm³/mol. The Morgan fingerprint density at radius 1 is 1.33 bits per heavy atom. The third-order valence-electron chi connectivity index (χ3n) is 2.52. The van der Waals surface area contributed by atoms with Gasteiger partial charge in [-0.2, -0.15) is 0 Å². The van der Waals surface area contributed by atoms with E-state index in [2.05, 4.69) is 20.7 Å². The molecule has 0 amide bonds. The SMILES string of the molecule is O=C(O)c1ccc(S(=O)(=O)NCc2cc(F)ccc2Br)o1. The second kappa shape index (κ2) is 5.96. The highest BCUT2D eigenvalue weighted by atomic mass is 79.9. The molecule has 6 nitrogen and oxygen atoms in total. The maximum absolute atomic E-state index is 13.1.